The van der Waals surface area contributed by atoms with Crippen LogP contribution in [0.15, 0.2) is 48.8 Å². The lowest BCUT2D eigenvalue weighted by molar-refractivity contribution is 0.110. The number of aromatic nitrogens is 4. The van der Waals surface area contributed by atoms with E-state index in [-0.39, 0.29) is 6.10 Å². The first-order chi connectivity index (χ1) is 13.2. The maximum Gasteiger partial charge on any atom is 0.234 e. The highest BCUT2D eigenvalue weighted by Gasteiger charge is 2.18. The van der Waals surface area contributed by atoms with Gasteiger partial charge < -0.3 is 15.0 Å². The van der Waals surface area contributed by atoms with Gasteiger partial charge in [-0.2, -0.15) is 10.1 Å². The molecule has 2 aromatic heterocycles. The zero-order valence-corrected chi connectivity index (χ0v) is 15.4. The third-order valence-electron chi connectivity index (χ3n) is 4.69. The summed E-state index contributed by atoms with van der Waals surface area (Å²) >= 11 is 0. The van der Waals surface area contributed by atoms with Crippen LogP contribution in [-0.2, 0) is 6.42 Å². The summed E-state index contributed by atoms with van der Waals surface area (Å²) in [6.07, 6.45) is 6.37. The molecule has 27 heavy (non-hydrogen) atoms. The summed E-state index contributed by atoms with van der Waals surface area (Å²) in [5.74, 6) is 1.89. The molecule has 140 valence electrons. The zero-order valence-electron chi connectivity index (χ0n) is 15.4. The molecule has 1 fully saturated rings. The van der Waals surface area contributed by atoms with Crippen molar-refractivity contribution in [3.63, 3.8) is 0 Å². The first-order valence-corrected chi connectivity index (χ1v) is 9.27. The fraction of sp³-hybridized carbons (Fsp3) is 0.350. The molecule has 0 aliphatic carbocycles. The molecular formula is C20H24N6O. The van der Waals surface area contributed by atoms with Crippen molar-refractivity contribution in [2.24, 2.45) is 0 Å². The number of likely N-dealkylation sites (tertiary alicyclic amines) is 1. The summed E-state index contributed by atoms with van der Waals surface area (Å²) in [6.45, 7) is 2.10. The van der Waals surface area contributed by atoms with Gasteiger partial charge in [-0.3, -0.25) is 10.1 Å². The number of hydrogen-bond acceptors (Lipinski definition) is 6. The minimum absolute atomic E-state index is 0.202. The molecule has 0 saturated carbocycles. The van der Waals surface area contributed by atoms with E-state index in [0.717, 1.165) is 38.0 Å². The van der Waals surface area contributed by atoms with Crippen LogP contribution in [0.3, 0.4) is 0 Å². The summed E-state index contributed by atoms with van der Waals surface area (Å²) in [4.78, 5) is 11.1. The molecule has 0 bridgehead atoms. The number of anilines is 2. The van der Waals surface area contributed by atoms with Gasteiger partial charge in [-0.05, 0) is 25.5 Å². The van der Waals surface area contributed by atoms with Crippen LogP contribution in [0, 0.1) is 0 Å². The highest BCUT2D eigenvalue weighted by Crippen LogP contribution is 2.19. The van der Waals surface area contributed by atoms with Gasteiger partial charge in [0.1, 0.15) is 6.10 Å². The summed E-state index contributed by atoms with van der Waals surface area (Å²) in [6, 6.07) is 12.3. The Bertz CT molecular complexity index is 858. The van der Waals surface area contributed by atoms with Crippen molar-refractivity contribution in [3.8, 4) is 5.88 Å². The average Bonchev–Trinajstić information content (AvgIpc) is 3.11. The number of piperidine rings is 1. The van der Waals surface area contributed by atoms with E-state index in [2.05, 4.69) is 49.6 Å². The number of nitrogens with one attached hydrogen (secondary N) is 2. The largest absolute Gasteiger partial charge is 0.473 e. The maximum absolute atomic E-state index is 6.00. The second kappa shape index (κ2) is 8.18. The van der Waals surface area contributed by atoms with Crippen molar-refractivity contribution < 1.29 is 4.74 Å². The molecule has 0 atom stereocenters. The number of benzene rings is 1. The van der Waals surface area contributed by atoms with Gasteiger partial charge in [-0.25, -0.2) is 0 Å². The number of H-pyrrole nitrogens is 1. The van der Waals surface area contributed by atoms with Crippen molar-refractivity contribution in [1.82, 2.24) is 25.1 Å². The monoisotopic (exact) mass is 364 g/mol. The SMILES string of the molecule is CN1CCC(Oc2cncc(Nc3cc(Cc4ccccc4)[nH]n3)n2)CC1. The Balaban J connectivity index is 1.37. The van der Waals surface area contributed by atoms with Gasteiger partial charge in [0, 0.05) is 31.3 Å². The Morgan fingerprint density at radius 1 is 1.15 bits per heavy atom. The molecule has 1 aromatic carbocycles. The highest BCUT2D eigenvalue weighted by molar-refractivity contribution is 5.51. The molecule has 7 heteroatoms. The number of nitrogens with zero attached hydrogens (tertiary/aromatic N) is 4. The first-order valence-electron chi connectivity index (χ1n) is 9.27. The van der Waals surface area contributed by atoms with E-state index in [1.807, 2.05) is 24.3 Å². The molecular weight excluding hydrogens is 340 g/mol. The molecule has 1 aliphatic heterocycles. The van der Waals surface area contributed by atoms with E-state index in [4.69, 9.17) is 4.74 Å². The highest BCUT2D eigenvalue weighted by atomic mass is 16.5. The minimum atomic E-state index is 0.202. The third-order valence-corrected chi connectivity index (χ3v) is 4.69. The van der Waals surface area contributed by atoms with E-state index >= 15 is 0 Å². The molecule has 0 radical (unpaired) electrons. The molecule has 3 aromatic rings. The van der Waals surface area contributed by atoms with Crippen molar-refractivity contribution >= 4 is 11.6 Å². The van der Waals surface area contributed by atoms with Gasteiger partial charge in [0.05, 0.1) is 12.4 Å². The fourth-order valence-corrected chi connectivity index (χ4v) is 3.20. The Hall–Kier alpha value is -2.93. The van der Waals surface area contributed by atoms with E-state index < -0.39 is 0 Å². The van der Waals surface area contributed by atoms with E-state index in [9.17, 15) is 0 Å². The van der Waals surface area contributed by atoms with Crippen LogP contribution in [0.5, 0.6) is 5.88 Å². The van der Waals surface area contributed by atoms with Crippen LogP contribution >= 0.6 is 0 Å². The first kappa shape index (κ1) is 17.5. The van der Waals surface area contributed by atoms with Crippen molar-refractivity contribution in [2.45, 2.75) is 25.4 Å². The number of aromatic amines is 1. The van der Waals surface area contributed by atoms with Crippen LogP contribution in [0.4, 0.5) is 11.6 Å². The van der Waals surface area contributed by atoms with Crippen molar-refractivity contribution in [3.05, 3.63) is 60.0 Å². The van der Waals surface area contributed by atoms with Crippen LogP contribution < -0.4 is 10.1 Å². The van der Waals surface area contributed by atoms with Crippen molar-refractivity contribution in [2.75, 3.05) is 25.5 Å². The predicted molar refractivity (Wildman–Crippen MR) is 104 cm³/mol. The van der Waals surface area contributed by atoms with Crippen LogP contribution in [0.1, 0.15) is 24.1 Å². The molecule has 7 nitrogen and oxygen atoms in total. The van der Waals surface area contributed by atoms with Gasteiger partial charge in [-0.1, -0.05) is 30.3 Å². The molecule has 0 amide bonds. The fourth-order valence-electron chi connectivity index (χ4n) is 3.20. The molecule has 0 unspecified atom stereocenters. The van der Waals surface area contributed by atoms with Gasteiger partial charge in [-0.15, -0.1) is 0 Å². The van der Waals surface area contributed by atoms with E-state index in [1.165, 1.54) is 5.56 Å². The van der Waals surface area contributed by atoms with Crippen molar-refractivity contribution in [1.29, 1.82) is 0 Å². The lowest BCUT2D eigenvalue weighted by Gasteiger charge is -2.28. The lowest BCUT2D eigenvalue weighted by Crippen LogP contribution is -2.35. The maximum atomic E-state index is 6.00. The summed E-state index contributed by atoms with van der Waals surface area (Å²) in [5.41, 5.74) is 2.27. The lowest BCUT2D eigenvalue weighted by atomic mass is 10.1. The van der Waals surface area contributed by atoms with E-state index in [0.29, 0.717) is 17.5 Å². The molecule has 0 spiro atoms. The average molecular weight is 364 g/mol. The van der Waals surface area contributed by atoms with Gasteiger partial charge in [0.2, 0.25) is 5.88 Å². The van der Waals surface area contributed by atoms with Crippen LogP contribution in [-0.4, -0.2) is 51.3 Å². The van der Waals surface area contributed by atoms with Gasteiger partial charge in [0.15, 0.2) is 11.6 Å². The number of ether oxygens (including phenoxy) is 1. The molecule has 3 heterocycles. The standard InChI is InChI=1S/C20H24N6O/c1-26-9-7-17(8-10-26)27-20-14-21-13-19(23-20)22-18-12-16(24-25-18)11-15-5-3-2-4-6-15/h2-6,12-14,17H,7-11H2,1H3,(H2,22,23,24,25). The normalized spacial score (nSPS) is 15.6. The van der Waals surface area contributed by atoms with Gasteiger partial charge in [0.25, 0.3) is 0 Å². The summed E-state index contributed by atoms with van der Waals surface area (Å²) < 4.78 is 6.00. The minimum Gasteiger partial charge on any atom is -0.473 e. The second-order valence-electron chi connectivity index (χ2n) is 6.93. The second-order valence-corrected chi connectivity index (χ2v) is 6.93. The zero-order chi connectivity index (χ0) is 18.5. The third kappa shape index (κ3) is 4.83. The van der Waals surface area contributed by atoms with Crippen LogP contribution in [0.25, 0.3) is 0 Å². The summed E-state index contributed by atoms with van der Waals surface area (Å²) in [7, 11) is 2.14. The number of rotatable bonds is 6. The topological polar surface area (TPSA) is 79.0 Å². The molecule has 2 N–H and O–H groups in total. The Morgan fingerprint density at radius 2 is 1.96 bits per heavy atom. The Morgan fingerprint density at radius 3 is 2.78 bits per heavy atom. The number of hydrogen-bond donors (Lipinski definition) is 2. The van der Waals surface area contributed by atoms with Gasteiger partial charge >= 0.3 is 0 Å². The summed E-state index contributed by atoms with van der Waals surface area (Å²) in [5, 5.41) is 10.6. The Labute approximate surface area is 158 Å². The van der Waals surface area contributed by atoms with Crippen LogP contribution in [0.2, 0.25) is 0 Å². The molecule has 4 rings (SSSR count). The smallest absolute Gasteiger partial charge is 0.234 e. The molecule has 1 aliphatic rings. The molecule has 1 saturated heterocycles. The predicted octanol–water partition coefficient (Wildman–Crippen LogP) is 3.01. The quantitative estimate of drug-likeness (QED) is 0.700. The Kier molecular flexibility index (Phi) is 5.29. The van der Waals surface area contributed by atoms with E-state index in [1.54, 1.807) is 12.4 Å².